The van der Waals surface area contributed by atoms with Gasteiger partial charge in [-0.1, -0.05) is 35.9 Å². The van der Waals surface area contributed by atoms with Gasteiger partial charge in [0.25, 0.3) is 0 Å². The van der Waals surface area contributed by atoms with Gasteiger partial charge in [0.05, 0.1) is 5.56 Å². The third kappa shape index (κ3) is 4.63. The van der Waals surface area contributed by atoms with Crippen LogP contribution in [-0.4, -0.2) is 14.2 Å². The van der Waals surface area contributed by atoms with Gasteiger partial charge in [-0.15, -0.1) is 0 Å². The zero-order valence-corrected chi connectivity index (χ0v) is 14.9. The number of nitrogens with one attached hydrogen (secondary N) is 1. The number of benzene rings is 2. The molecule has 4 nitrogen and oxygen atoms in total. The average molecular weight is 373 g/mol. The number of anilines is 1. The van der Waals surface area contributed by atoms with Crippen LogP contribution in [0.25, 0.3) is 0 Å². The van der Waals surface area contributed by atoms with E-state index in [9.17, 15) is 17.7 Å². The first-order valence-corrected chi connectivity index (χ1v) is 9.02. The summed E-state index contributed by atoms with van der Waals surface area (Å²) in [4.78, 5) is 0. The number of aryl methyl sites for hydroxylation is 1. The van der Waals surface area contributed by atoms with E-state index < -0.39 is 25.1 Å². The standard InChI is InChI=1S/C17H19F3NO3P/c1-12-6-4-7-13(10-12)16(25(22,23-2)24-3)21-15-9-5-8-14(11-15)17(18,19)20/h4-11,16,21H,1-3H3/t16-/m0/s1. The van der Waals surface area contributed by atoms with Crippen LogP contribution in [0.2, 0.25) is 0 Å². The molecule has 0 aromatic heterocycles. The predicted molar refractivity (Wildman–Crippen MR) is 90.6 cm³/mol. The highest BCUT2D eigenvalue weighted by molar-refractivity contribution is 7.54. The average Bonchev–Trinajstić information content (AvgIpc) is 2.58. The van der Waals surface area contributed by atoms with Gasteiger partial charge in [-0.05, 0) is 30.7 Å². The van der Waals surface area contributed by atoms with Crippen LogP contribution >= 0.6 is 7.60 Å². The van der Waals surface area contributed by atoms with Gasteiger partial charge >= 0.3 is 13.8 Å². The molecule has 0 heterocycles. The lowest BCUT2D eigenvalue weighted by atomic mass is 10.1. The molecule has 1 atom stereocenters. The molecule has 136 valence electrons. The normalized spacial score (nSPS) is 13.5. The fraction of sp³-hybridized carbons (Fsp3) is 0.294. The van der Waals surface area contributed by atoms with E-state index in [0.29, 0.717) is 5.56 Å². The quantitative estimate of drug-likeness (QED) is 0.669. The maximum atomic E-state index is 12.9. The third-order valence-corrected chi connectivity index (χ3v) is 5.75. The molecule has 0 amide bonds. The highest BCUT2D eigenvalue weighted by Gasteiger charge is 2.36. The summed E-state index contributed by atoms with van der Waals surface area (Å²) < 4.78 is 61.8. The minimum Gasteiger partial charge on any atom is -0.368 e. The van der Waals surface area contributed by atoms with E-state index in [4.69, 9.17) is 9.05 Å². The van der Waals surface area contributed by atoms with Gasteiger partial charge in [-0.3, -0.25) is 4.57 Å². The van der Waals surface area contributed by atoms with E-state index in [1.54, 1.807) is 18.2 Å². The Balaban J connectivity index is 2.46. The summed E-state index contributed by atoms with van der Waals surface area (Å²) in [6.07, 6.45) is -4.47. The first kappa shape index (κ1) is 19.5. The van der Waals surface area contributed by atoms with Crippen molar-refractivity contribution in [2.24, 2.45) is 0 Å². The summed E-state index contributed by atoms with van der Waals surface area (Å²) in [7, 11) is -1.17. The molecular weight excluding hydrogens is 354 g/mol. The van der Waals surface area contributed by atoms with Crippen LogP contribution in [-0.2, 0) is 19.8 Å². The topological polar surface area (TPSA) is 47.6 Å². The number of halogens is 3. The van der Waals surface area contributed by atoms with Gasteiger partial charge < -0.3 is 14.4 Å². The van der Waals surface area contributed by atoms with Crippen molar-refractivity contribution in [3.05, 3.63) is 65.2 Å². The van der Waals surface area contributed by atoms with Gasteiger partial charge in [-0.2, -0.15) is 13.2 Å². The first-order valence-electron chi connectivity index (χ1n) is 7.41. The van der Waals surface area contributed by atoms with Crippen molar-refractivity contribution in [1.82, 2.24) is 0 Å². The molecule has 0 aliphatic carbocycles. The van der Waals surface area contributed by atoms with Crippen LogP contribution in [0.4, 0.5) is 18.9 Å². The summed E-state index contributed by atoms with van der Waals surface area (Å²) in [6.45, 7) is 1.86. The Kier molecular flexibility index (Phi) is 5.93. The Hall–Kier alpha value is -1.82. The number of rotatable bonds is 6. The van der Waals surface area contributed by atoms with Gasteiger partial charge in [0.2, 0.25) is 0 Å². The summed E-state index contributed by atoms with van der Waals surface area (Å²) in [5.74, 6) is -0.953. The molecule has 2 rings (SSSR count). The van der Waals surface area contributed by atoms with Crippen LogP contribution in [0.15, 0.2) is 48.5 Å². The van der Waals surface area contributed by atoms with Gasteiger partial charge in [-0.25, -0.2) is 0 Å². The maximum Gasteiger partial charge on any atom is 0.416 e. The molecule has 0 aliphatic heterocycles. The Morgan fingerprint density at radius 2 is 1.68 bits per heavy atom. The highest BCUT2D eigenvalue weighted by atomic mass is 31.2. The zero-order chi connectivity index (χ0) is 18.7. The Morgan fingerprint density at radius 3 is 2.24 bits per heavy atom. The molecule has 0 aliphatic rings. The first-order chi connectivity index (χ1) is 11.7. The Morgan fingerprint density at radius 1 is 1.04 bits per heavy atom. The van der Waals surface area contributed by atoms with E-state index in [2.05, 4.69) is 5.32 Å². The molecule has 1 N–H and O–H groups in total. The SMILES string of the molecule is COP(=O)(OC)[C@H](Nc1cccc(C(F)(F)F)c1)c1cccc(C)c1. The molecule has 8 heteroatoms. The lowest BCUT2D eigenvalue weighted by molar-refractivity contribution is -0.137. The van der Waals surface area contributed by atoms with E-state index in [1.807, 2.05) is 13.0 Å². The molecule has 2 aromatic rings. The largest absolute Gasteiger partial charge is 0.416 e. The summed E-state index contributed by atoms with van der Waals surface area (Å²) in [6, 6.07) is 11.8. The van der Waals surface area contributed by atoms with Crippen molar-refractivity contribution >= 4 is 13.3 Å². The second-order valence-electron chi connectivity index (χ2n) is 5.44. The molecular formula is C17H19F3NO3P. The van der Waals surface area contributed by atoms with Crippen LogP contribution in [0.5, 0.6) is 0 Å². The second-order valence-corrected chi connectivity index (χ2v) is 7.77. The fourth-order valence-corrected chi connectivity index (χ4v) is 3.82. The third-order valence-electron chi connectivity index (χ3n) is 3.68. The molecule has 0 saturated heterocycles. The van der Waals surface area contributed by atoms with Crippen molar-refractivity contribution in [3.63, 3.8) is 0 Å². The van der Waals surface area contributed by atoms with E-state index >= 15 is 0 Å². The van der Waals surface area contributed by atoms with Crippen LogP contribution in [0.1, 0.15) is 22.5 Å². The fourth-order valence-electron chi connectivity index (χ4n) is 2.41. The van der Waals surface area contributed by atoms with Crippen molar-refractivity contribution in [1.29, 1.82) is 0 Å². The summed E-state index contributed by atoms with van der Waals surface area (Å²) in [5, 5.41) is 2.86. The monoisotopic (exact) mass is 373 g/mol. The van der Waals surface area contributed by atoms with E-state index in [1.165, 1.54) is 26.4 Å². The van der Waals surface area contributed by atoms with Gasteiger partial charge in [0.1, 0.15) is 0 Å². The van der Waals surface area contributed by atoms with Crippen LogP contribution < -0.4 is 5.32 Å². The highest BCUT2D eigenvalue weighted by Crippen LogP contribution is 2.59. The molecule has 0 radical (unpaired) electrons. The second kappa shape index (κ2) is 7.60. The van der Waals surface area contributed by atoms with E-state index in [0.717, 1.165) is 17.7 Å². The van der Waals surface area contributed by atoms with Crippen molar-refractivity contribution in [2.75, 3.05) is 19.5 Å². The molecule has 0 saturated carbocycles. The Labute approximate surface area is 144 Å². The number of hydrogen-bond acceptors (Lipinski definition) is 4. The van der Waals surface area contributed by atoms with Crippen molar-refractivity contribution < 1.29 is 26.8 Å². The molecule has 0 bridgehead atoms. The zero-order valence-electron chi connectivity index (χ0n) is 14.0. The minimum atomic E-state index is -4.47. The summed E-state index contributed by atoms with van der Waals surface area (Å²) >= 11 is 0. The molecule has 25 heavy (non-hydrogen) atoms. The van der Waals surface area contributed by atoms with Crippen molar-refractivity contribution in [2.45, 2.75) is 18.9 Å². The molecule has 0 spiro atoms. The molecule has 0 fully saturated rings. The van der Waals surface area contributed by atoms with Crippen LogP contribution in [0, 0.1) is 6.92 Å². The van der Waals surface area contributed by atoms with Crippen molar-refractivity contribution in [3.8, 4) is 0 Å². The smallest absolute Gasteiger partial charge is 0.368 e. The lowest BCUT2D eigenvalue weighted by Crippen LogP contribution is -2.14. The van der Waals surface area contributed by atoms with Gasteiger partial charge in [0.15, 0.2) is 5.78 Å². The van der Waals surface area contributed by atoms with Gasteiger partial charge in [0, 0.05) is 19.9 Å². The lowest BCUT2D eigenvalue weighted by Gasteiger charge is -2.27. The predicted octanol–water partition coefficient (Wildman–Crippen LogP) is 5.61. The Bertz CT molecular complexity index is 772. The molecule has 0 unspecified atom stereocenters. The molecule has 2 aromatic carbocycles. The summed E-state index contributed by atoms with van der Waals surface area (Å²) in [5.41, 5.74) is 0.859. The number of alkyl halides is 3. The maximum absolute atomic E-state index is 12.9. The minimum absolute atomic E-state index is 0.163. The number of hydrogen-bond donors (Lipinski definition) is 1. The van der Waals surface area contributed by atoms with Crippen LogP contribution in [0.3, 0.4) is 0 Å². The van der Waals surface area contributed by atoms with E-state index in [-0.39, 0.29) is 5.69 Å².